The quantitative estimate of drug-likeness (QED) is 0.785. The van der Waals surface area contributed by atoms with Crippen LogP contribution < -0.4 is 4.90 Å². The van der Waals surface area contributed by atoms with Crippen molar-refractivity contribution in [2.24, 2.45) is 0 Å². The topological polar surface area (TPSA) is 42.4 Å². The maximum Gasteiger partial charge on any atom is 0.420 e. The van der Waals surface area contributed by atoms with Crippen molar-refractivity contribution < 1.29 is 9.53 Å². The van der Waals surface area contributed by atoms with Crippen LogP contribution in [0.3, 0.4) is 0 Å². The standard InChI is InChI=1S/C20H24N2O2/c1-14-10-11-21-18(12-14)22(19(23)24-20(2,3)4)17-9-8-15-6-5-7-16(15)13-17/h8-13H,5-7H2,1-4H3. The van der Waals surface area contributed by atoms with Crippen LogP contribution in [0.1, 0.15) is 43.9 Å². The molecule has 0 spiro atoms. The van der Waals surface area contributed by atoms with E-state index in [1.54, 1.807) is 11.1 Å². The van der Waals surface area contributed by atoms with Crippen molar-refractivity contribution in [2.45, 2.75) is 52.6 Å². The number of nitrogens with zero attached hydrogens (tertiary/aromatic N) is 2. The lowest BCUT2D eigenvalue weighted by Gasteiger charge is -2.27. The van der Waals surface area contributed by atoms with Crippen LogP contribution in [0.5, 0.6) is 0 Å². The first-order valence-corrected chi connectivity index (χ1v) is 8.41. The summed E-state index contributed by atoms with van der Waals surface area (Å²) in [5, 5.41) is 0. The molecule has 1 aromatic heterocycles. The van der Waals surface area contributed by atoms with Crippen molar-refractivity contribution in [3.8, 4) is 0 Å². The normalized spacial score (nSPS) is 13.5. The van der Waals surface area contributed by atoms with Gasteiger partial charge in [-0.1, -0.05) is 6.07 Å². The Balaban J connectivity index is 2.03. The van der Waals surface area contributed by atoms with E-state index >= 15 is 0 Å². The van der Waals surface area contributed by atoms with E-state index in [0.717, 1.165) is 24.1 Å². The number of aryl methyl sites for hydroxylation is 3. The molecule has 0 atom stereocenters. The molecule has 24 heavy (non-hydrogen) atoms. The van der Waals surface area contributed by atoms with Crippen LogP contribution in [0.4, 0.5) is 16.3 Å². The summed E-state index contributed by atoms with van der Waals surface area (Å²) in [5.74, 6) is 0.585. The molecule has 1 aliphatic carbocycles. The number of fused-ring (bicyclic) bond motifs is 1. The molecule has 126 valence electrons. The second-order valence-electron chi connectivity index (χ2n) is 7.31. The molecule has 0 radical (unpaired) electrons. The van der Waals surface area contributed by atoms with Crippen LogP contribution in [-0.4, -0.2) is 16.7 Å². The third kappa shape index (κ3) is 3.58. The highest BCUT2D eigenvalue weighted by Gasteiger charge is 2.26. The van der Waals surface area contributed by atoms with Crippen LogP contribution in [0.15, 0.2) is 36.5 Å². The van der Waals surface area contributed by atoms with Crippen LogP contribution in [0, 0.1) is 6.92 Å². The number of rotatable bonds is 2. The highest BCUT2D eigenvalue weighted by atomic mass is 16.6. The summed E-state index contributed by atoms with van der Waals surface area (Å²) in [4.78, 5) is 18.8. The third-order valence-electron chi connectivity index (χ3n) is 4.05. The van der Waals surface area contributed by atoms with E-state index in [0.29, 0.717) is 5.82 Å². The Labute approximate surface area is 143 Å². The second kappa shape index (κ2) is 6.27. The highest BCUT2D eigenvalue weighted by Crippen LogP contribution is 2.31. The van der Waals surface area contributed by atoms with Crippen molar-refractivity contribution in [3.05, 3.63) is 53.2 Å². The number of carbonyl (C=O) groups excluding carboxylic acids is 1. The van der Waals surface area contributed by atoms with Crippen molar-refractivity contribution in [3.63, 3.8) is 0 Å². The lowest BCUT2D eigenvalue weighted by molar-refractivity contribution is 0.0598. The van der Waals surface area contributed by atoms with Crippen molar-refractivity contribution in [2.75, 3.05) is 4.90 Å². The summed E-state index contributed by atoms with van der Waals surface area (Å²) in [7, 11) is 0. The summed E-state index contributed by atoms with van der Waals surface area (Å²) in [6, 6.07) is 10.0. The predicted octanol–water partition coefficient (Wildman–Crippen LogP) is 4.95. The monoisotopic (exact) mass is 324 g/mol. The Kier molecular flexibility index (Phi) is 4.31. The molecule has 2 aromatic rings. The number of amides is 1. The number of pyridine rings is 1. The zero-order valence-corrected chi connectivity index (χ0v) is 14.8. The fourth-order valence-corrected chi connectivity index (χ4v) is 2.98. The van der Waals surface area contributed by atoms with E-state index in [9.17, 15) is 4.79 Å². The SMILES string of the molecule is Cc1ccnc(N(C(=O)OC(C)(C)C)c2ccc3c(c2)CCC3)c1. The molecule has 0 unspecified atom stereocenters. The number of aromatic nitrogens is 1. The first-order chi connectivity index (χ1) is 11.3. The van der Waals surface area contributed by atoms with E-state index < -0.39 is 11.7 Å². The van der Waals surface area contributed by atoms with Gasteiger partial charge in [0.05, 0.1) is 5.69 Å². The number of carbonyl (C=O) groups is 1. The van der Waals surface area contributed by atoms with Gasteiger partial charge in [-0.3, -0.25) is 0 Å². The van der Waals surface area contributed by atoms with E-state index in [1.165, 1.54) is 17.5 Å². The lowest BCUT2D eigenvalue weighted by Crippen LogP contribution is -2.34. The molecule has 0 bridgehead atoms. The minimum atomic E-state index is -0.560. The first kappa shape index (κ1) is 16.5. The van der Waals surface area contributed by atoms with Crippen LogP contribution in [-0.2, 0) is 17.6 Å². The molecule has 0 aliphatic heterocycles. The molecule has 1 aliphatic rings. The van der Waals surface area contributed by atoms with Gasteiger partial charge in [-0.25, -0.2) is 14.7 Å². The summed E-state index contributed by atoms with van der Waals surface area (Å²) < 4.78 is 5.61. The molecule has 0 N–H and O–H groups in total. The molecule has 1 heterocycles. The predicted molar refractivity (Wildman–Crippen MR) is 95.8 cm³/mol. The Morgan fingerprint density at radius 3 is 2.58 bits per heavy atom. The van der Waals surface area contributed by atoms with Gasteiger partial charge in [0.2, 0.25) is 0 Å². The minimum Gasteiger partial charge on any atom is -0.443 e. The van der Waals surface area contributed by atoms with Gasteiger partial charge in [0, 0.05) is 6.20 Å². The average Bonchev–Trinajstić information content (AvgIpc) is 2.93. The van der Waals surface area contributed by atoms with Gasteiger partial charge >= 0.3 is 6.09 Å². The summed E-state index contributed by atoms with van der Waals surface area (Å²) in [5.41, 5.74) is 3.99. The molecule has 1 amide bonds. The van der Waals surface area contributed by atoms with Gasteiger partial charge in [-0.15, -0.1) is 0 Å². The molecular formula is C20H24N2O2. The fraction of sp³-hybridized carbons (Fsp3) is 0.400. The summed E-state index contributed by atoms with van der Waals surface area (Å²) in [6.07, 6.45) is 4.67. The minimum absolute atomic E-state index is 0.404. The van der Waals surface area contributed by atoms with E-state index in [1.807, 2.05) is 45.9 Å². The van der Waals surface area contributed by atoms with Gasteiger partial charge in [-0.05, 0) is 87.9 Å². The number of anilines is 2. The summed E-state index contributed by atoms with van der Waals surface area (Å²) >= 11 is 0. The molecule has 1 aromatic carbocycles. The second-order valence-corrected chi connectivity index (χ2v) is 7.31. The maximum absolute atomic E-state index is 12.8. The molecule has 4 heteroatoms. The van der Waals surface area contributed by atoms with E-state index in [-0.39, 0.29) is 0 Å². The van der Waals surface area contributed by atoms with Gasteiger partial charge in [0.1, 0.15) is 11.4 Å². The van der Waals surface area contributed by atoms with Gasteiger partial charge < -0.3 is 4.74 Å². The van der Waals surface area contributed by atoms with Gasteiger partial charge in [0.25, 0.3) is 0 Å². The van der Waals surface area contributed by atoms with Crippen LogP contribution in [0.2, 0.25) is 0 Å². The number of ether oxygens (including phenoxy) is 1. The number of benzene rings is 1. The van der Waals surface area contributed by atoms with E-state index in [4.69, 9.17) is 4.74 Å². The maximum atomic E-state index is 12.8. The van der Waals surface area contributed by atoms with Crippen molar-refractivity contribution in [1.29, 1.82) is 0 Å². The zero-order chi connectivity index (χ0) is 17.3. The van der Waals surface area contributed by atoms with Gasteiger partial charge in [-0.2, -0.15) is 0 Å². The lowest BCUT2D eigenvalue weighted by atomic mass is 10.1. The fourth-order valence-electron chi connectivity index (χ4n) is 2.98. The molecule has 0 saturated carbocycles. The Morgan fingerprint density at radius 2 is 1.88 bits per heavy atom. The molecule has 4 nitrogen and oxygen atoms in total. The van der Waals surface area contributed by atoms with Crippen molar-refractivity contribution >= 4 is 17.6 Å². The Bertz CT molecular complexity index is 762. The zero-order valence-electron chi connectivity index (χ0n) is 14.8. The Morgan fingerprint density at radius 1 is 1.12 bits per heavy atom. The highest BCUT2D eigenvalue weighted by molar-refractivity contribution is 5.95. The number of hydrogen-bond donors (Lipinski definition) is 0. The number of hydrogen-bond acceptors (Lipinski definition) is 3. The first-order valence-electron chi connectivity index (χ1n) is 8.41. The van der Waals surface area contributed by atoms with Crippen molar-refractivity contribution in [1.82, 2.24) is 4.98 Å². The molecule has 0 saturated heterocycles. The molecule has 3 rings (SSSR count). The van der Waals surface area contributed by atoms with Gasteiger partial charge in [0.15, 0.2) is 0 Å². The van der Waals surface area contributed by atoms with Crippen LogP contribution >= 0.6 is 0 Å². The van der Waals surface area contributed by atoms with E-state index in [2.05, 4.69) is 17.1 Å². The Hall–Kier alpha value is -2.36. The summed E-state index contributed by atoms with van der Waals surface area (Å²) in [6.45, 7) is 7.60. The smallest absolute Gasteiger partial charge is 0.420 e. The largest absolute Gasteiger partial charge is 0.443 e. The molecule has 0 fully saturated rings. The van der Waals surface area contributed by atoms with Crippen LogP contribution in [0.25, 0.3) is 0 Å². The third-order valence-corrected chi connectivity index (χ3v) is 4.05. The average molecular weight is 324 g/mol. The molecular weight excluding hydrogens is 300 g/mol.